The molecule has 0 saturated heterocycles. The molecule has 0 radical (unpaired) electrons. The first-order valence-electron chi connectivity index (χ1n) is 6.59. The molecule has 0 heterocycles. The van der Waals surface area contributed by atoms with Crippen molar-refractivity contribution in [2.45, 2.75) is 32.6 Å². The maximum atomic E-state index is 12.0. The second-order valence-corrected chi connectivity index (χ2v) is 5.03. The van der Waals surface area contributed by atoms with Crippen molar-refractivity contribution in [3.8, 4) is 0 Å². The van der Waals surface area contributed by atoms with Gasteiger partial charge in [0.15, 0.2) is 0 Å². The number of carbonyl (C=O) groups excluding carboxylic acids is 1. The molecule has 1 N–H and O–H groups in total. The van der Waals surface area contributed by atoms with Crippen LogP contribution in [0.1, 0.15) is 52.0 Å². The van der Waals surface area contributed by atoms with Crippen molar-refractivity contribution in [1.82, 2.24) is 0 Å². The highest BCUT2D eigenvalue weighted by Gasteiger charge is 2.20. The zero-order valence-electron chi connectivity index (χ0n) is 11.0. The minimum Gasteiger partial charge on any atom is -0.478 e. The third-order valence-electron chi connectivity index (χ3n) is 3.71. The lowest BCUT2D eigenvalue weighted by atomic mass is 10.0. The minimum atomic E-state index is -1.03. The molecule has 0 bridgehead atoms. The van der Waals surface area contributed by atoms with E-state index in [1.807, 2.05) is 0 Å². The van der Waals surface area contributed by atoms with Gasteiger partial charge in [0.2, 0.25) is 0 Å². The average molecular weight is 262 g/mol. The maximum absolute atomic E-state index is 12.0. The van der Waals surface area contributed by atoms with Crippen LogP contribution in [-0.2, 0) is 4.74 Å². The van der Waals surface area contributed by atoms with Crippen LogP contribution in [0, 0.1) is 12.8 Å². The van der Waals surface area contributed by atoms with E-state index in [9.17, 15) is 9.59 Å². The van der Waals surface area contributed by atoms with Crippen molar-refractivity contribution in [3.63, 3.8) is 0 Å². The summed E-state index contributed by atoms with van der Waals surface area (Å²) in [5, 5.41) is 9.02. The SMILES string of the molecule is Cc1c(C(=O)O)cccc1C(=O)OCC1CCCC1. The summed E-state index contributed by atoms with van der Waals surface area (Å²) >= 11 is 0. The number of carbonyl (C=O) groups is 2. The van der Waals surface area contributed by atoms with Crippen LogP contribution in [0.2, 0.25) is 0 Å². The number of hydrogen-bond acceptors (Lipinski definition) is 3. The molecule has 1 fully saturated rings. The molecule has 0 spiro atoms. The van der Waals surface area contributed by atoms with Crippen molar-refractivity contribution >= 4 is 11.9 Å². The van der Waals surface area contributed by atoms with E-state index in [1.165, 1.54) is 18.9 Å². The van der Waals surface area contributed by atoms with Crippen LogP contribution in [0.25, 0.3) is 0 Å². The molecular weight excluding hydrogens is 244 g/mol. The van der Waals surface area contributed by atoms with Gasteiger partial charge in [-0.15, -0.1) is 0 Å². The largest absolute Gasteiger partial charge is 0.478 e. The number of rotatable bonds is 4. The van der Waals surface area contributed by atoms with Crippen molar-refractivity contribution < 1.29 is 19.4 Å². The van der Waals surface area contributed by atoms with Crippen LogP contribution in [-0.4, -0.2) is 23.7 Å². The van der Waals surface area contributed by atoms with Gasteiger partial charge in [0.1, 0.15) is 0 Å². The topological polar surface area (TPSA) is 63.6 Å². The Morgan fingerprint density at radius 2 is 1.89 bits per heavy atom. The second-order valence-electron chi connectivity index (χ2n) is 5.03. The lowest BCUT2D eigenvalue weighted by Crippen LogP contribution is -2.14. The predicted octanol–water partition coefficient (Wildman–Crippen LogP) is 3.04. The Hall–Kier alpha value is -1.84. The molecule has 0 aliphatic heterocycles. The summed E-state index contributed by atoms with van der Waals surface area (Å²) in [7, 11) is 0. The van der Waals surface area contributed by atoms with Crippen LogP contribution in [0.15, 0.2) is 18.2 Å². The normalized spacial score (nSPS) is 15.4. The van der Waals surface area contributed by atoms with Gasteiger partial charge in [0.05, 0.1) is 17.7 Å². The standard InChI is InChI=1S/C15H18O4/c1-10-12(14(16)17)7-4-8-13(10)15(18)19-9-11-5-2-3-6-11/h4,7-8,11H,2-3,5-6,9H2,1H3,(H,16,17). The number of carboxylic acid groups (broad SMARTS) is 1. The van der Waals surface area contributed by atoms with Crippen molar-refractivity contribution in [2.24, 2.45) is 5.92 Å². The highest BCUT2D eigenvalue weighted by molar-refractivity contribution is 5.97. The van der Waals surface area contributed by atoms with Gasteiger partial charge >= 0.3 is 11.9 Å². The molecule has 0 amide bonds. The quantitative estimate of drug-likeness (QED) is 0.847. The molecule has 1 aliphatic carbocycles. The fourth-order valence-electron chi connectivity index (χ4n) is 2.54. The van der Waals surface area contributed by atoms with E-state index >= 15 is 0 Å². The zero-order valence-corrected chi connectivity index (χ0v) is 11.0. The van der Waals surface area contributed by atoms with E-state index in [2.05, 4.69) is 0 Å². The average Bonchev–Trinajstić information content (AvgIpc) is 2.89. The molecular formula is C15H18O4. The summed E-state index contributed by atoms with van der Waals surface area (Å²) in [6, 6.07) is 4.67. The number of ether oxygens (including phenoxy) is 1. The highest BCUT2D eigenvalue weighted by atomic mass is 16.5. The number of aromatic carboxylic acids is 1. The molecule has 4 heteroatoms. The molecule has 1 aliphatic rings. The molecule has 0 aromatic heterocycles. The first-order chi connectivity index (χ1) is 9.09. The lowest BCUT2D eigenvalue weighted by Gasteiger charge is -2.12. The third kappa shape index (κ3) is 3.13. The van der Waals surface area contributed by atoms with Gasteiger partial charge in [-0.05, 0) is 43.4 Å². The fraction of sp³-hybridized carbons (Fsp3) is 0.467. The molecule has 4 nitrogen and oxygen atoms in total. The Kier molecular flexibility index (Phi) is 4.20. The van der Waals surface area contributed by atoms with Gasteiger partial charge in [-0.2, -0.15) is 0 Å². The van der Waals surface area contributed by atoms with Gasteiger partial charge in [-0.1, -0.05) is 18.9 Å². The Labute approximate surface area is 112 Å². The van der Waals surface area contributed by atoms with Crippen molar-refractivity contribution in [3.05, 3.63) is 34.9 Å². The van der Waals surface area contributed by atoms with Crippen LogP contribution >= 0.6 is 0 Å². The summed E-state index contributed by atoms with van der Waals surface area (Å²) < 4.78 is 5.30. The summed E-state index contributed by atoms with van der Waals surface area (Å²) in [5.74, 6) is -0.984. The third-order valence-corrected chi connectivity index (χ3v) is 3.71. The van der Waals surface area contributed by atoms with Crippen LogP contribution in [0.3, 0.4) is 0 Å². The molecule has 0 atom stereocenters. The van der Waals surface area contributed by atoms with Gasteiger partial charge in [-0.3, -0.25) is 0 Å². The Bertz CT molecular complexity index is 487. The first kappa shape index (κ1) is 13.6. The smallest absolute Gasteiger partial charge is 0.338 e. The number of hydrogen-bond donors (Lipinski definition) is 1. The van der Waals surface area contributed by atoms with Crippen LogP contribution in [0.5, 0.6) is 0 Å². The van der Waals surface area contributed by atoms with E-state index in [1.54, 1.807) is 19.1 Å². The monoisotopic (exact) mass is 262 g/mol. The summed E-state index contributed by atoms with van der Waals surface area (Å²) in [4.78, 5) is 23.0. The summed E-state index contributed by atoms with van der Waals surface area (Å²) in [6.07, 6.45) is 4.63. The molecule has 1 saturated carbocycles. The molecule has 102 valence electrons. The molecule has 1 aromatic carbocycles. The van der Waals surface area contributed by atoms with Crippen molar-refractivity contribution in [2.75, 3.05) is 6.61 Å². The summed E-state index contributed by atoms with van der Waals surface area (Å²) in [6.45, 7) is 2.07. The van der Waals surface area contributed by atoms with E-state index in [0.717, 1.165) is 12.8 Å². The fourth-order valence-corrected chi connectivity index (χ4v) is 2.54. The van der Waals surface area contributed by atoms with Gasteiger partial charge in [0.25, 0.3) is 0 Å². The van der Waals surface area contributed by atoms with Gasteiger partial charge < -0.3 is 9.84 Å². The highest BCUT2D eigenvalue weighted by Crippen LogP contribution is 2.25. The Morgan fingerprint density at radius 3 is 2.53 bits per heavy atom. The Morgan fingerprint density at radius 1 is 1.26 bits per heavy atom. The predicted molar refractivity (Wildman–Crippen MR) is 70.4 cm³/mol. The number of carboxylic acids is 1. The molecule has 0 unspecified atom stereocenters. The first-order valence-corrected chi connectivity index (χ1v) is 6.59. The lowest BCUT2D eigenvalue weighted by molar-refractivity contribution is 0.0441. The maximum Gasteiger partial charge on any atom is 0.338 e. The van der Waals surface area contributed by atoms with E-state index < -0.39 is 11.9 Å². The van der Waals surface area contributed by atoms with Crippen LogP contribution < -0.4 is 0 Å². The molecule has 19 heavy (non-hydrogen) atoms. The van der Waals surface area contributed by atoms with E-state index in [4.69, 9.17) is 9.84 Å². The van der Waals surface area contributed by atoms with E-state index in [0.29, 0.717) is 23.7 Å². The Balaban J connectivity index is 2.06. The van der Waals surface area contributed by atoms with E-state index in [-0.39, 0.29) is 5.56 Å². The van der Waals surface area contributed by atoms with Gasteiger partial charge in [0, 0.05) is 0 Å². The number of esters is 1. The van der Waals surface area contributed by atoms with Crippen molar-refractivity contribution in [1.29, 1.82) is 0 Å². The van der Waals surface area contributed by atoms with Crippen LogP contribution in [0.4, 0.5) is 0 Å². The van der Waals surface area contributed by atoms with Gasteiger partial charge in [-0.25, -0.2) is 9.59 Å². The second kappa shape index (κ2) is 5.87. The summed E-state index contributed by atoms with van der Waals surface area (Å²) in [5.41, 5.74) is 0.958. The zero-order chi connectivity index (χ0) is 13.8. The molecule has 2 rings (SSSR count). The number of benzene rings is 1. The minimum absolute atomic E-state index is 0.148. The molecule has 1 aromatic rings.